The lowest BCUT2D eigenvalue weighted by atomic mass is 9.96. The second kappa shape index (κ2) is 6.80. The zero-order chi connectivity index (χ0) is 18.9. The lowest BCUT2D eigenvalue weighted by Gasteiger charge is -2.14. The third-order valence-corrected chi connectivity index (χ3v) is 4.17. The van der Waals surface area contributed by atoms with Crippen molar-refractivity contribution in [3.8, 4) is 11.3 Å². The molecule has 3 nitrogen and oxygen atoms in total. The average Bonchev–Trinajstić information content (AvgIpc) is 2.61. The van der Waals surface area contributed by atoms with Crippen LogP contribution in [0.5, 0.6) is 0 Å². The summed E-state index contributed by atoms with van der Waals surface area (Å²) in [5, 5.41) is 0.368. The van der Waals surface area contributed by atoms with Gasteiger partial charge in [0.1, 0.15) is 0 Å². The van der Waals surface area contributed by atoms with Crippen molar-refractivity contribution in [2.24, 2.45) is 0 Å². The van der Waals surface area contributed by atoms with Crippen molar-refractivity contribution >= 4 is 23.1 Å². The molecule has 0 aliphatic heterocycles. The summed E-state index contributed by atoms with van der Waals surface area (Å²) in [6.07, 6.45) is -3.34. The molecule has 0 saturated heterocycles. The molecule has 1 heterocycles. The number of halogens is 4. The van der Waals surface area contributed by atoms with Gasteiger partial charge in [-0.25, -0.2) is 0 Å². The Bertz CT molecular complexity index is 987. The van der Waals surface area contributed by atoms with Crippen LogP contribution in [0, 0.1) is 0 Å². The Morgan fingerprint density at radius 1 is 0.962 bits per heavy atom. The highest BCUT2D eigenvalue weighted by molar-refractivity contribution is 6.33. The molecule has 2 N–H and O–H groups in total. The minimum absolute atomic E-state index is 0.0254. The van der Waals surface area contributed by atoms with Crippen molar-refractivity contribution in [2.45, 2.75) is 6.18 Å². The second-order valence-electron chi connectivity index (χ2n) is 5.47. The van der Waals surface area contributed by atoms with E-state index in [9.17, 15) is 18.0 Å². The van der Waals surface area contributed by atoms with E-state index in [-0.39, 0.29) is 16.9 Å². The molecule has 0 unspecified atom stereocenters. The molecule has 0 radical (unpaired) electrons. The maximum Gasteiger partial charge on any atom is 0.417 e. The fourth-order valence-corrected chi connectivity index (χ4v) is 2.84. The summed E-state index contributed by atoms with van der Waals surface area (Å²) in [5.74, 6) is -0.828. The number of anilines is 1. The van der Waals surface area contributed by atoms with Crippen LogP contribution in [0.2, 0.25) is 5.02 Å². The summed E-state index contributed by atoms with van der Waals surface area (Å²) < 4.78 is 39.6. The van der Waals surface area contributed by atoms with Gasteiger partial charge < -0.3 is 5.73 Å². The predicted octanol–water partition coefficient (Wildman–Crippen LogP) is 5.23. The fourth-order valence-electron chi connectivity index (χ4n) is 2.61. The molecule has 0 aliphatic carbocycles. The Labute approximate surface area is 152 Å². The Hall–Kier alpha value is -2.86. The largest absolute Gasteiger partial charge is 0.417 e. The molecule has 3 rings (SSSR count). The molecule has 0 aliphatic rings. The molecule has 0 atom stereocenters. The van der Waals surface area contributed by atoms with E-state index >= 15 is 0 Å². The third kappa shape index (κ3) is 3.28. The highest BCUT2D eigenvalue weighted by Crippen LogP contribution is 2.36. The van der Waals surface area contributed by atoms with Crippen LogP contribution in [0.4, 0.5) is 18.9 Å². The number of carbonyl (C=O) groups excluding carboxylic acids is 1. The molecular formula is C19H12ClF3N2O. The molecule has 0 fully saturated rings. The van der Waals surface area contributed by atoms with E-state index in [0.29, 0.717) is 10.6 Å². The number of aromatic nitrogens is 1. The van der Waals surface area contributed by atoms with Gasteiger partial charge in [0.05, 0.1) is 22.0 Å². The van der Waals surface area contributed by atoms with Gasteiger partial charge in [-0.2, -0.15) is 13.2 Å². The SMILES string of the molecule is Nc1c(C(=O)c2ccccc2C(F)(F)F)ccnc1-c1ccccc1Cl. The minimum Gasteiger partial charge on any atom is -0.396 e. The van der Waals surface area contributed by atoms with Gasteiger partial charge in [0.25, 0.3) is 0 Å². The Morgan fingerprint density at radius 2 is 1.62 bits per heavy atom. The van der Waals surface area contributed by atoms with Gasteiger partial charge in [0, 0.05) is 22.9 Å². The summed E-state index contributed by atoms with van der Waals surface area (Å²) in [6.45, 7) is 0. The van der Waals surface area contributed by atoms with Gasteiger partial charge in [0.15, 0.2) is 5.78 Å². The van der Waals surface area contributed by atoms with Crippen molar-refractivity contribution in [3.63, 3.8) is 0 Å². The van der Waals surface area contributed by atoms with E-state index in [0.717, 1.165) is 12.1 Å². The van der Waals surface area contributed by atoms with E-state index in [2.05, 4.69) is 4.98 Å². The second-order valence-corrected chi connectivity index (χ2v) is 5.88. The summed E-state index contributed by atoms with van der Waals surface area (Å²) in [5.41, 5.74) is 5.22. The highest BCUT2D eigenvalue weighted by Gasteiger charge is 2.35. The quantitative estimate of drug-likeness (QED) is 0.636. The van der Waals surface area contributed by atoms with Crippen molar-refractivity contribution in [3.05, 3.63) is 82.5 Å². The van der Waals surface area contributed by atoms with Gasteiger partial charge in [-0.1, -0.05) is 48.0 Å². The number of nitrogens with two attached hydrogens (primary N) is 1. The van der Waals surface area contributed by atoms with Crippen molar-refractivity contribution in [1.29, 1.82) is 0 Å². The molecule has 3 aromatic rings. The molecule has 1 aromatic heterocycles. The minimum atomic E-state index is -4.65. The van der Waals surface area contributed by atoms with Crippen LogP contribution in [0.1, 0.15) is 21.5 Å². The Morgan fingerprint density at radius 3 is 2.31 bits per heavy atom. The van der Waals surface area contributed by atoms with Crippen LogP contribution >= 0.6 is 11.6 Å². The first-order valence-corrected chi connectivity index (χ1v) is 7.89. The van der Waals surface area contributed by atoms with Gasteiger partial charge in [0.2, 0.25) is 0 Å². The molecule has 26 heavy (non-hydrogen) atoms. The smallest absolute Gasteiger partial charge is 0.396 e. The van der Waals surface area contributed by atoms with Crippen LogP contribution in [0.15, 0.2) is 60.8 Å². The number of carbonyl (C=O) groups is 1. The van der Waals surface area contributed by atoms with Crippen molar-refractivity contribution in [2.75, 3.05) is 5.73 Å². The molecule has 0 amide bonds. The topological polar surface area (TPSA) is 56.0 Å². The number of nitrogen functional groups attached to an aromatic ring is 1. The predicted molar refractivity (Wildman–Crippen MR) is 94.0 cm³/mol. The lowest BCUT2D eigenvalue weighted by molar-refractivity contribution is -0.137. The Kier molecular flexibility index (Phi) is 4.70. The third-order valence-electron chi connectivity index (χ3n) is 3.84. The number of benzene rings is 2. The molecule has 0 spiro atoms. The maximum absolute atomic E-state index is 13.2. The first kappa shape index (κ1) is 17.9. The molecule has 2 aromatic carbocycles. The van der Waals surface area contributed by atoms with Crippen LogP contribution in [0.25, 0.3) is 11.3 Å². The lowest BCUT2D eigenvalue weighted by Crippen LogP contribution is -2.15. The van der Waals surface area contributed by atoms with Crippen LogP contribution in [-0.4, -0.2) is 10.8 Å². The van der Waals surface area contributed by atoms with E-state index in [1.54, 1.807) is 24.3 Å². The van der Waals surface area contributed by atoms with E-state index in [1.807, 2.05) is 0 Å². The van der Waals surface area contributed by atoms with Crippen LogP contribution in [0.3, 0.4) is 0 Å². The summed E-state index contributed by atoms with van der Waals surface area (Å²) >= 11 is 6.14. The number of pyridine rings is 1. The van der Waals surface area contributed by atoms with E-state index in [4.69, 9.17) is 17.3 Å². The number of hydrogen-bond donors (Lipinski definition) is 1. The van der Waals surface area contributed by atoms with E-state index < -0.39 is 23.1 Å². The fraction of sp³-hybridized carbons (Fsp3) is 0.0526. The van der Waals surface area contributed by atoms with Gasteiger partial charge >= 0.3 is 6.18 Å². The number of ketones is 1. The average molecular weight is 377 g/mol. The summed E-state index contributed by atoms with van der Waals surface area (Å²) in [4.78, 5) is 16.9. The van der Waals surface area contributed by atoms with Gasteiger partial charge in [-0.15, -0.1) is 0 Å². The number of nitrogens with zero attached hydrogens (tertiary/aromatic N) is 1. The highest BCUT2D eigenvalue weighted by atomic mass is 35.5. The number of alkyl halides is 3. The molecule has 7 heteroatoms. The Balaban J connectivity index is 2.14. The standard InChI is InChI=1S/C19H12ClF3N2O/c20-15-8-4-2-6-12(15)17-16(24)13(9-10-25-17)18(26)11-5-1-3-7-14(11)19(21,22)23/h1-10H,24H2. The van der Waals surface area contributed by atoms with Gasteiger partial charge in [-0.3, -0.25) is 9.78 Å². The zero-order valence-electron chi connectivity index (χ0n) is 13.2. The number of rotatable bonds is 3. The van der Waals surface area contributed by atoms with Crippen LogP contribution in [-0.2, 0) is 6.18 Å². The normalized spacial score (nSPS) is 11.4. The molecule has 0 bridgehead atoms. The first-order valence-electron chi connectivity index (χ1n) is 7.51. The van der Waals surface area contributed by atoms with Gasteiger partial charge in [-0.05, 0) is 18.2 Å². The summed E-state index contributed by atoms with van der Waals surface area (Å²) in [6, 6.07) is 12.6. The molecular weight excluding hydrogens is 365 g/mol. The number of hydrogen-bond acceptors (Lipinski definition) is 3. The summed E-state index contributed by atoms with van der Waals surface area (Å²) in [7, 11) is 0. The monoisotopic (exact) mass is 376 g/mol. The maximum atomic E-state index is 13.2. The van der Waals surface area contributed by atoms with Crippen LogP contribution < -0.4 is 5.73 Å². The zero-order valence-corrected chi connectivity index (χ0v) is 14.0. The van der Waals surface area contributed by atoms with Crippen molar-refractivity contribution in [1.82, 2.24) is 4.98 Å². The van der Waals surface area contributed by atoms with E-state index in [1.165, 1.54) is 24.4 Å². The first-order chi connectivity index (χ1) is 12.3. The molecule has 0 saturated carbocycles. The van der Waals surface area contributed by atoms with Crippen molar-refractivity contribution < 1.29 is 18.0 Å². The molecule has 132 valence electrons.